The molecule has 1 saturated heterocycles. The number of carbonyl (C=O) groups is 1. The van der Waals surface area contributed by atoms with Gasteiger partial charge >= 0.3 is 6.18 Å². The number of amides is 1. The lowest BCUT2D eigenvalue weighted by Crippen LogP contribution is -2.34. The summed E-state index contributed by atoms with van der Waals surface area (Å²) in [7, 11) is 0. The third kappa shape index (κ3) is 2.74. The molecule has 2 rings (SSSR count). The minimum atomic E-state index is -4.48. The zero-order valence-corrected chi connectivity index (χ0v) is 10.9. The van der Waals surface area contributed by atoms with E-state index in [2.05, 4.69) is 5.10 Å². The van der Waals surface area contributed by atoms with Crippen molar-refractivity contribution < 1.29 is 18.0 Å². The SMILES string of the molecule is Cc1cc(C(F)(F)F)nn1[C@H](C)C(=O)N1CCCC1. The maximum absolute atomic E-state index is 12.6. The van der Waals surface area contributed by atoms with Gasteiger partial charge in [-0.3, -0.25) is 9.48 Å². The number of rotatable bonds is 2. The van der Waals surface area contributed by atoms with Crippen molar-refractivity contribution in [2.75, 3.05) is 13.1 Å². The molecule has 0 aromatic carbocycles. The monoisotopic (exact) mass is 275 g/mol. The molecule has 0 saturated carbocycles. The fourth-order valence-corrected chi connectivity index (χ4v) is 2.32. The summed E-state index contributed by atoms with van der Waals surface area (Å²) in [6.07, 6.45) is -2.58. The van der Waals surface area contributed by atoms with Gasteiger partial charge in [0, 0.05) is 18.8 Å². The lowest BCUT2D eigenvalue weighted by atomic mass is 10.3. The van der Waals surface area contributed by atoms with Gasteiger partial charge in [0.15, 0.2) is 5.69 Å². The van der Waals surface area contributed by atoms with Crippen LogP contribution in [0.1, 0.15) is 37.2 Å². The fraction of sp³-hybridized carbons (Fsp3) is 0.667. The van der Waals surface area contributed by atoms with Crippen molar-refractivity contribution in [3.8, 4) is 0 Å². The Hall–Kier alpha value is -1.53. The molecule has 0 N–H and O–H groups in total. The summed E-state index contributed by atoms with van der Waals surface area (Å²) < 4.78 is 38.9. The molecule has 0 unspecified atom stereocenters. The Morgan fingerprint density at radius 2 is 1.95 bits per heavy atom. The van der Waals surface area contributed by atoms with Gasteiger partial charge in [-0.25, -0.2) is 0 Å². The Balaban J connectivity index is 2.21. The van der Waals surface area contributed by atoms with E-state index in [0.29, 0.717) is 18.8 Å². The zero-order chi connectivity index (χ0) is 14.2. The summed E-state index contributed by atoms with van der Waals surface area (Å²) in [5, 5.41) is 3.52. The summed E-state index contributed by atoms with van der Waals surface area (Å²) in [4.78, 5) is 13.8. The molecule has 0 bridgehead atoms. The van der Waals surface area contributed by atoms with E-state index in [9.17, 15) is 18.0 Å². The molecular weight excluding hydrogens is 259 g/mol. The molecule has 1 aromatic rings. The number of carbonyl (C=O) groups excluding carboxylic acids is 1. The number of alkyl halides is 3. The third-order valence-corrected chi connectivity index (χ3v) is 3.35. The predicted octanol–water partition coefficient (Wildman–Crippen LogP) is 2.39. The molecule has 1 atom stereocenters. The number of hydrogen-bond acceptors (Lipinski definition) is 2. The lowest BCUT2D eigenvalue weighted by molar-refractivity contribution is -0.142. The predicted molar refractivity (Wildman–Crippen MR) is 62.5 cm³/mol. The van der Waals surface area contributed by atoms with Crippen LogP contribution in [0.15, 0.2) is 6.07 Å². The second-order valence-electron chi connectivity index (χ2n) is 4.82. The second kappa shape index (κ2) is 4.86. The summed E-state index contributed by atoms with van der Waals surface area (Å²) in [5.74, 6) is -0.169. The Kier molecular flexibility index (Phi) is 3.56. The Morgan fingerprint density at radius 1 is 1.37 bits per heavy atom. The zero-order valence-electron chi connectivity index (χ0n) is 10.9. The molecular formula is C12H16F3N3O. The van der Waals surface area contributed by atoms with E-state index in [0.717, 1.165) is 23.6 Å². The van der Waals surface area contributed by atoms with Gasteiger partial charge in [-0.1, -0.05) is 0 Å². The first-order chi connectivity index (χ1) is 8.80. The summed E-state index contributed by atoms with van der Waals surface area (Å²) in [5.41, 5.74) is -0.613. The van der Waals surface area contributed by atoms with E-state index in [1.54, 1.807) is 11.8 Å². The van der Waals surface area contributed by atoms with Crippen LogP contribution in [0.4, 0.5) is 13.2 Å². The summed E-state index contributed by atoms with van der Waals surface area (Å²) >= 11 is 0. The minimum absolute atomic E-state index is 0.169. The second-order valence-corrected chi connectivity index (χ2v) is 4.82. The summed E-state index contributed by atoms with van der Waals surface area (Å²) in [6, 6.07) is 0.266. The highest BCUT2D eigenvalue weighted by atomic mass is 19.4. The molecule has 2 heterocycles. The molecule has 0 aliphatic carbocycles. The smallest absolute Gasteiger partial charge is 0.341 e. The van der Waals surface area contributed by atoms with Gasteiger partial charge in [-0.05, 0) is 32.8 Å². The molecule has 1 amide bonds. The van der Waals surface area contributed by atoms with Gasteiger partial charge in [0.1, 0.15) is 6.04 Å². The van der Waals surface area contributed by atoms with E-state index in [1.807, 2.05) is 0 Å². The maximum Gasteiger partial charge on any atom is 0.435 e. The highest BCUT2D eigenvalue weighted by molar-refractivity contribution is 5.80. The minimum Gasteiger partial charge on any atom is -0.341 e. The van der Waals surface area contributed by atoms with E-state index in [1.165, 1.54) is 6.92 Å². The van der Waals surface area contributed by atoms with Crippen LogP contribution in [0.2, 0.25) is 0 Å². The normalized spacial score (nSPS) is 17.8. The summed E-state index contributed by atoms with van der Waals surface area (Å²) in [6.45, 7) is 4.46. The first kappa shape index (κ1) is 13.9. The van der Waals surface area contributed by atoms with Crippen LogP contribution >= 0.6 is 0 Å². The van der Waals surface area contributed by atoms with Crippen molar-refractivity contribution in [2.24, 2.45) is 0 Å². The van der Waals surface area contributed by atoms with Crippen molar-refractivity contribution >= 4 is 5.91 Å². The number of aromatic nitrogens is 2. The molecule has 1 fully saturated rings. The van der Waals surface area contributed by atoms with Crippen LogP contribution in [-0.2, 0) is 11.0 Å². The van der Waals surface area contributed by atoms with Crippen molar-refractivity contribution in [2.45, 2.75) is 38.9 Å². The van der Waals surface area contributed by atoms with Gasteiger partial charge in [0.05, 0.1) is 0 Å². The van der Waals surface area contributed by atoms with Crippen LogP contribution in [0.3, 0.4) is 0 Å². The first-order valence-electron chi connectivity index (χ1n) is 6.23. The average molecular weight is 275 g/mol. The topological polar surface area (TPSA) is 38.1 Å². The Morgan fingerprint density at radius 3 is 2.42 bits per heavy atom. The molecule has 0 spiro atoms. The molecule has 1 aliphatic heterocycles. The van der Waals surface area contributed by atoms with Gasteiger partial charge in [0.2, 0.25) is 5.91 Å². The van der Waals surface area contributed by atoms with Gasteiger partial charge in [-0.15, -0.1) is 0 Å². The van der Waals surface area contributed by atoms with Gasteiger partial charge in [0.25, 0.3) is 0 Å². The quantitative estimate of drug-likeness (QED) is 0.831. The number of hydrogen-bond donors (Lipinski definition) is 0. The molecule has 7 heteroatoms. The molecule has 19 heavy (non-hydrogen) atoms. The number of halogens is 3. The average Bonchev–Trinajstić information content (AvgIpc) is 2.94. The van der Waals surface area contributed by atoms with Gasteiger partial charge < -0.3 is 4.90 Å². The van der Waals surface area contributed by atoms with Crippen LogP contribution in [0.25, 0.3) is 0 Å². The molecule has 1 aliphatic rings. The highest BCUT2D eigenvalue weighted by Gasteiger charge is 2.36. The highest BCUT2D eigenvalue weighted by Crippen LogP contribution is 2.29. The van der Waals surface area contributed by atoms with E-state index in [4.69, 9.17) is 0 Å². The number of likely N-dealkylation sites (tertiary alicyclic amines) is 1. The van der Waals surface area contributed by atoms with Crippen LogP contribution < -0.4 is 0 Å². The first-order valence-corrected chi connectivity index (χ1v) is 6.23. The standard InChI is InChI=1S/C12H16F3N3O/c1-8-7-10(12(13,14)15)16-18(8)9(2)11(19)17-5-3-4-6-17/h7,9H,3-6H2,1-2H3/t9-/m1/s1. The molecule has 1 aromatic heterocycles. The lowest BCUT2D eigenvalue weighted by Gasteiger charge is -2.21. The Bertz CT molecular complexity index is 475. The van der Waals surface area contributed by atoms with Crippen molar-refractivity contribution in [3.05, 3.63) is 17.5 Å². The van der Waals surface area contributed by atoms with Crippen LogP contribution in [0.5, 0.6) is 0 Å². The van der Waals surface area contributed by atoms with E-state index in [-0.39, 0.29) is 5.91 Å². The van der Waals surface area contributed by atoms with Gasteiger partial charge in [-0.2, -0.15) is 18.3 Å². The molecule has 4 nitrogen and oxygen atoms in total. The van der Waals surface area contributed by atoms with E-state index >= 15 is 0 Å². The Labute approximate surface area is 109 Å². The van der Waals surface area contributed by atoms with Crippen LogP contribution in [0, 0.1) is 6.92 Å². The molecule has 0 radical (unpaired) electrons. The maximum atomic E-state index is 12.6. The largest absolute Gasteiger partial charge is 0.435 e. The van der Waals surface area contributed by atoms with Crippen molar-refractivity contribution in [1.82, 2.24) is 14.7 Å². The van der Waals surface area contributed by atoms with Crippen molar-refractivity contribution in [3.63, 3.8) is 0 Å². The number of nitrogens with zero attached hydrogens (tertiary/aromatic N) is 3. The van der Waals surface area contributed by atoms with E-state index < -0.39 is 17.9 Å². The fourth-order valence-electron chi connectivity index (χ4n) is 2.32. The third-order valence-electron chi connectivity index (χ3n) is 3.35. The van der Waals surface area contributed by atoms with Crippen LogP contribution in [-0.4, -0.2) is 33.7 Å². The molecule has 106 valence electrons. The number of aryl methyl sites for hydroxylation is 1. The van der Waals surface area contributed by atoms with Crippen molar-refractivity contribution in [1.29, 1.82) is 0 Å².